The Kier molecular flexibility index (Phi) is 5.12. The molecular weight excluding hydrogens is 464 g/mol. The highest BCUT2D eigenvalue weighted by atomic mass is 35.5. The molecule has 0 bridgehead atoms. The van der Waals surface area contributed by atoms with Crippen LogP contribution < -0.4 is 15.0 Å². The molecule has 2 amide bonds. The number of fused-ring (bicyclic) bond motifs is 2. The Bertz CT molecular complexity index is 1270. The second kappa shape index (κ2) is 7.87. The predicted octanol–water partition coefficient (Wildman–Crippen LogP) is 5.91. The van der Waals surface area contributed by atoms with Gasteiger partial charge in [0.15, 0.2) is 0 Å². The van der Waals surface area contributed by atoms with Gasteiger partial charge < -0.3 is 4.74 Å². The molecule has 0 radical (unpaired) electrons. The maximum atomic E-state index is 14.2. The van der Waals surface area contributed by atoms with Gasteiger partial charge in [-0.1, -0.05) is 11.6 Å². The van der Waals surface area contributed by atoms with Gasteiger partial charge in [0, 0.05) is 24.0 Å². The minimum absolute atomic E-state index is 0.151. The lowest BCUT2D eigenvalue weighted by Crippen LogP contribution is -2.40. The van der Waals surface area contributed by atoms with Crippen molar-refractivity contribution in [1.82, 2.24) is 9.97 Å². The summed E-state index contributed by atoms with van der Waals surface area (Å²) >= 11 is 6.41. The fourth-order valence-corrected chi connectivity index (χ4v) is 4.33. The van der Waals surface area contributed by atoms with Crippen LogP contribution in [-0.2, 0) is 19.1 Å². The third-order valence-corrected chi connectivity index (χ3v) is 5.91. The number of hydrogen-bond donors (Lipinski definition) is 1. The number of halogens is 5. The lowest BCUT2D eigenvalue weighted by atomic mass is 9.99. The number of anilines is 2. The Hall–Kier alpha value is -3.40. The standard InChI is InChI=1S/C22H15ClF4N4O2/c23-14-8-11-3-4-17(19-15(24)2-1-6-28-19)33-18(11)9-16(14)31-10-12-13(22(25,26)27)5-7-29-20(12)30-21(31)32/h1-2,5-9,17H,3-4,10H2,(H,29,30,32). The maximum Gasteiger partial charge on any atom is 0.416 e. The Balaban J connectivity index is 1.51. The van der Waals surface area contributed by atoms with E-state index in [0.717, 1.165) is 22.7 Å². The largest absolute Gasteiger partial charge is 0.484 e. The van der Waals surface area contributed by atoms with Gasteiger partial charge in [-0.3, -0.25) is 15.2 Å². The normalized spacial score (nSPS) is 17.7. The number of hydrogen-bond acceptors (Lipinski definition) is 4. The molecule has 2 aliphatic heterocycles. The zero-order chi connectivity index (χ0) is 23.3. The van der Waals surface area contributed by atoms with Gasteiger partial charge in [0.25, 0.3) is 0 Å². The van der Waals surface area contributed by atoms with Crippen LogP contribution in [-0.4, -0.2) is 16.0 Å². The first kappa shape index (κ1) is 21.4. The highest BCUT2D eigenvalue weighted by Gasteiger charge is 2.38. The topological polar surface area (TPSA) is 67.4 Å². The number of urea groups is 1. The minimum Gasteiger partial charge on any atom is -0.484 e. The van der Waals surface area contributed by atoms with Crippen molar-refractivity contribution in [1.29, 1.82) is 0 Å². The van der Waals surface area contributed by atoms with E-state index in [-0.39, 0.29) is 34.3 Å². The van der Waals surface area contributed by atoms with E-state index >= 15 is 0 Å². The summed E-state index contributed by atoms with van der Waals surface area (Å²) in [6.07, 6.45) is -1.82. The minimum atomic E-state index is -4.62. The van der Waals surface area contributed by atoms with Crippen LogP contribution in [0.1, 0.15) is 34.9 Å². The first-order valence-corrected chi connectivity index (χ1v) is 10.3. The van der Waals surface area contributed by atoms with Crippen LogP contribution in [0.15, 0.2) is 42.7 Å². The summed E-state index contributed by atoms with van der Waals surface area (Å²) in [5, 5.41) is 2.56. The monoisotopic (exact) mass is 478 g/mol. The second-order valence-electron chi connectivity index (χ2n) is 7.63. The zero-order valence-electron chi connectivity index (χ0n) is 16.8. The van der Waals surface area contributed by atoms with Crippen LogP contribution in [0.25, 0.3) is 0 Å². The van der Waals surface area contributed by atoms with Crippen molar-refractivity contribution < 1.29 is 27.1 Å². The summed E-state index contributed by atoms with van der Waals surface area (Å²) in [6.45, 7) is -0.388. The van der Waals surface area contributed by atoms with Gasteiger partial charge in [0.05, 0.1) is 22.8 Å². The van der Waals surface area contributed by atoms with Gasteiger partial charge in [0.1, 0.15) is 29.2 Å². The van der Waals surface area contributed by atoms with Crippen LogP contribution in [0.4, 0.5) is 33.9 Å². The molecule has 170 valence electrons. The number of ether oxygens (including phenoxy) is 1. The molecule has 2 aromatic heterocycles. The Morgan fingerprint density at radius 3 is 2.76 bits per heavy atom. The molecule has 0 fully saturated rings. The number of rotatable bonds is 2. The summed E-state index contributed by atoms with van der Waals surface area (Å²) < 4.78 is 60.7. The molecule has 0 saturated carbocycles. The number of aromatic nitrogens is 2. The molecular formula is C22H15ClF4N4O2. The van der Waals surface area contributed by atoms with Crippen LogP contribution in [0.5, 0.6) is 5.75 Å². The molecule has 3 aromatic rings. The number of pyridine rings is 2. The average molecular weight is 479 g/mol. The van der Waals surface area contributed by atoms with Gasteiger partial charge >= 0.3 is 12.2 Å². The van der Waals surface area contributed by atoms with Crippen molar-refractivity contribution >= 4 is 29.1 Å². The van der Waals surface area contributed by atoms with E-state index < -0.39 is 29.7 Å². The molecule has 1 unspecified atom stereocenters. The molecule has 1 aromatic carbocycles. The third-order valence-electron chi connectivity index (χ3n) is 5.61. The van der Waals surface area contributed by atoms with Gasteiger partial charge in [-0.05, 0) is 42.7 Å². The molecule has 6 nitrogen and oxygen atoms in total. The average Bonchev–Trinajstić information content (AvgIpc) is 2.77. The molecule has 11 heteroatoms. The number of carbonyl (C=O) groups excluding carboxylic acids is 1. The molecule has 33 heavy (non-hydrogen) atoms. The van der Waals surface area contributed by atoms with Crippen molar-refractivity contribution in [3.05, 3.63) is 75.9 Å². The van der Waals surface area contributed by atoms with Crippen molar-refractivity contribution in [2.75, 3.05) is 10.2 Å². The number of aryl methyl sites for hydroxylation is 1. The highest BCUT2D eigenvalue weighted by Crippen LogP contribution is 2.43. The highest BCUT2D eigenvalue weighted by molar-refractivity contribution is 6.34. The number of nitrogens with one attached hydrogen (secondary N) is 1. The van der Waals surface area contributed by atoms with Crippen LogP contribution in [0.2, 0.25) is 5.02 Å². The van der Waals surface area contributed by atoms with E-state index in [4.69, 9.17) is 16.3 Å². The summed E-state index contributed by atoms with van der Waals surface area (Å²) in [5.74, 6) is -0.294. The van der Waals surface area contributed by atoms with E-state index in [1.54, 1.807) is 6.07 Å². The molecule has 1 atom stereocenters. The van der Waals surface area contributed by atoms with Crippen molar-refractivity contribution in [2.45, 2.75) is 31.7 Å². The zero-order valence-corrected chi connectivity index (χ0v) is 17.5. The van der Waals surface area contributed by atoms with Gasteiger partial charge in [-0.2, -0.15) is 13.2 Å². The summed E-state index contributed by atoms with van der Waals surface area (Å²) in [6, 6.07) is 6.03. The summed E-state index contributed by atoms with van der Waals surface area (Å²) in [7, 11) is 0. The Morgan fingerprint density at radius 2 is 2.00 bits per heavy atom. The molecule has 1 N–H and O–H groups in total. The smallest absolute Gasteiger partial charge is 0.416 e. The van der Waals surface area contributed by atoms with E-state index in [0.29, 0.717) is 18.6 Å². The Labute approximate surface area is 190 Å². The summed E-state index contributed by atoms with van der Waals surface area (Å²) in [4.78, 5) is 21.7. The predicted molar refractivity (Wildman–Crippen MR) is 112 cm³/mol. The molecule has 0 aliphatic carbocycles. The lowest BCUT2D eigenvalue weighted by molar-refractivity contribution is -0.138. The van der Waals surface area contributed by atoms with E-state index in [9.17, 15) is 22.4 Å². The third kappa shape index (κ3) is 3.84. The first-order chi connectivity index (χ1) is 15.7. The van der Waals surface area contributed by atoms with Crippen LogP contribution >= 0.6 is 11.6 Å². The lowest BCUT2D eigenvalue weighted by Gasteiger charge is -2.32. The fourth-order valence-electron chi connectivity index (χ4n) is 4.04. The van der Waals surface area contributed by atoms with Gasteiger partial charge in [-0.15, -0.1) is 0 Å². The van der Waals surface area contributed by atoms with Crippen molar-refractivity contribution in [2.24, 2.45) is 0 Å². The quantitative estimate of drug-likeness (QED) is 0.465. The number of carbonyl (C=O) groups is 1. The van der Waals surface area contributed by atoms with E-state index in [1.165, 1.54) is 24.4 Å². The molecule has 0 saturated heterocycles. The number of benzene rings is 1. The summed E-state index contributed by atoms with van der Waals surface area (Å²) in [5.41, 5.74) is -0.00376. The van der Waals surface area contributed by atoms with Gasteiger partial charge in [-0.25, -0.2) is 14.2 Å². The molecule has 4 heterocycles. The SMILES string of the molecule is O=C1Nc2nccc(C(F)(F)F)c2CN1c1cc2c(cc1Cl)CCC(c1ncccc1F)O2. The Morgan fingerprint density at radius 1 is 1.18 bits per heavy atom. The first-order valence-electron chi connectivity index (χ1n) is 9.95. The second-order valence-corrected chi connectivity index (χ2v) is 8.03. The van der Waals surface area contributed by atoms with Crippen LogP contribution in [0.3, 0.4) is 0 Å². The number of amides is 2. The van der Waals surface area contributed by atoms with Crippen molar-refractivity contribution in [3.63, 3.8) is 0 Å². The number of alkyl halides is 3. The molecule has 2 aliphatic rings. The maximum absolute atomic E-state index is 14.2. The molecule has 5 rings (SSSR count). The molecule has 0 spiro atoms. The van der Waals surface area contributed by atoms with Crippen molar-refractivity contribution in [3.8, 4) is 5.75 Å². The fraction of sp³-hybridized carbons (Fsp3) is 0.227. The van der Waals surface area contributed by atoms with E-state index in [2.05, 4.69) is 15.3 Å². The van der Waals surface area contributed by atoms with Crippen LogP contribution in [0, 0.1) is 5.82 Å². The van der Waals surface area contributed by atoms with E-state index in [1.807, 2.05) is 0 Å². The van der Waals surface area contributed by atoms with Gasteiger partial charge in [0.2, 0.25) is 0 Å². The number of nitrogens with zero attached hydrogens (tertiary/aromatic N) is 3.